The van der Waals surface area contributed by atoms with Crippen LogP contribution in [0.2, 0.25) is 0 Å². The third kappa shape index (κ3) is 3.79. The van der Waals surface area contributed by atoms with Crippen molar-refractivity contribution in [2.24, 2.45) is 0 Å². The van der Waals surface area contributed by atoms with Gasteiger partial charge in [0.1, 0.15) is 5.75 Å². The van der Waals surface area contributed by atoms with Gasteiger partial charge in [0.15, 0.2) is 0 Å². The molecule has 0 bridgehead atoms. The Bertz CT molecular complexity index is 641. The summed E-state index contributed by atoms with van der Waals surface area (Å²) < 4.78 is 5.49. The third-order valence-electron chi connectivity index (χ3n) is 3.75. The van der Waals surface area contributed by atoms with Crippen molar-refractivity contribution in [2.45, 2.75) is 19.4 Å². The highest BCUT2D eigenvalue weighted by Gasteiger charge is 2.11. The minimum Gasteiger partial charge on any atom is -0.493 e. The first-order valence-electron chi connectivity index (χ1n) is 7.61. The lowest BCUT2D eigenvalue weighted by Gasteiger charge is -2.08. The van der Waals surface area contributed by atoms with Gasteiger partial charge in [0.05, 0.1) is 6.61 Å². The molecule has 1 aliphatic rings. The second-order valence-corrected chi connectivity index (χ2v) is 5.39. The normalized spacial score (nSPS) is 12.4. The Morgan fingerprint density at radius 1 is 1.05 bits per heavy atom. The largest absolute Gasteiger partial charge is 0.493 e. The molecule has 2 aromatic carbocycles. The van der Waals surface area contributed by atoms with Crippen molar-refractivity contribution in [3.05, 3.63) is 65.2 Å². The zero-order valence-electron chi connectivity index (χ0n) is 12.5. The van der Waals surface area contributed by atoms with Crippen molar-refractivity contribution in [1.82, 2.24) is 10.6 Å². The van der Waals surface area contributed by atoms with Gasteiger partial charge in [-0.05, 0) is 29.2 Å². The van der Waals surface area contributed by atoms with Gasteiger partial charge in [-0.2, -0.15) is 0 Å². The topological polar surface area (TPSA) is 50.4 Å². The summed E-state index contributed by atoms with van der Waals surface area (Å²) >= 11 is 0. The Labute approximate surface area is 130 Å². The molecule has 1 heterocycles. The first kappa shape index (κ1) is 14.4. The van der Waals surface area contributed by atoms with Gasteiger partial charge in [-0.25, -0.2) is 4.79 Å². The molecule has 1 aliphatic heterocycles. The van der Waals surface area contributed by atoms with Crippen LogP contribution in [0.1, 0.15) is 16.7 Å². The number of amides is 2. The van der Waals surface area contributed by atoms with Crippen LogP contribution in [0, 0.1) is 0 Å². The number of carbonyl (C=O) groups is 1. The fraction of sp³-hybridized carbons (Fsp3) is 0.278. The van der Waals surface area contributed by atoms with Gasteiger partial charge < -0.3 is 15.4 Å². The number of nitrogens with one attached hydrogen (secondary N) is 2. The molecule has 0 unspecified atom stereocenters. The molecule has 2 amide bonds. The number of fused-ring (bicyclic) bond motifs is 1. The molecule has 2 aromatic rings. The number of hydrogen-bond donors (Lipinski definition) is 2. The van der Waals surface area contributed by atoms with Crippen LogP contribution in [0.3, 0.4) is 0 Å². The highest BCUT2D eigenvalue weighted by molar-refractivity contribution is 5.73. The molecule has 4 nitrogen and oxygen atoms in total. The van der Waals surface area contributed by atoms with Crippen molar-refractivity contribution < 1.29 is 9.53 Å². The zero-order valence-corrected chi connectivity index (χ0v) is 12.5. The molecule has 0 aliphatic carbocycles. The van der Waals surface area contributed by atoms with E-state index in [9.17, 15) is 4.79 Å². The lowest BCUT2D eigenvalue weighted by atomic mass is 10.1. The average molecular weight is 296 g/mol. The second kappa shape index (κ2) is 6.98. The van der Waals surface area contributed by atoms with Gasteiger partial charge in [-0.3, -0.25) is 0 Å². The monoisotopic (exact) mass is 296 g/mol. The summed E-state index contributed by atoms with van der Waals surface area (Å²) in [6.07, 6.45) is 1.81. The minimum atomic E-state index is -0.131. The molecule has 114 valence electrons. The summed E-state index contributed by atoms with van der Waals surface area (Å²) in [7, 11) is 0. The van der Waals surface area contributed by atoms with E-state index in [1.54, 1.807) is 0 Å². The molecule has 0 atom stereocenters. The van der Waals surface area contributed by atoms with E-state index in [4.69, 9.17) is 4.74 Å². The first-order valence-corrected chi connectivity index (χ1v) is 7.61. The molecule has 3 rings (SSSR count). The number of benzene rings is 2. The number of hydrogen-bond acceptors (Lipinski definition) is 2. The predicted octanol–water partition coefficient (Wildman–Crippen LogP) is 2.66. The van der Waals surface area contributed by atoms with Crippen molar-refractivity contribution in [3.63, 3.8) is 0 Å². The summed E-state index contributed by atoms with van der Waals surface area (Å²) in [6.45, 7) is 1.95. The molecule has 0 saturated heterocycles. The van der Waals surface area contributed by atoms with E-state index >= 15 is 0 Å². The molecule has 0 fully saturated rings. The van der Waals surface area contributed by atoms with E-state index in [0.717, 1.165) is 30.8 Å². The molecule has 4 heteroatoms. The lowest BCUT2D eigenvalue weighted by molar-refractivity contribution is 0.240. The van der Waals surface area contributed by atoms with Crippen molar-refractivity contribution in [3.8, 4) is 5.75 Å². The number of carbonyl (C=O) groups excluding carboxylic acids is 1. The van der Waals surface area contributed by atoms with Crippen LogP contribution < -0.4 is 15.4 Å². The molecule has 2 N–H and O–H groups in total. The summed E-state index contributed by atoms with van der Waals surface area (Å²) in [5, 5.41) is 5.74. The van der Waals surface area contributed by atoms with E-state index < -0.39 is 0 Å². The maximum atomic E-state index is 11.8. The van der Waals surface area contributed by atoms with Crippen LogP contribution in [-0.2, 0) is 19.4 Å². The second-order valence-electron chi connectivity index (χ2n) is 5.39. The fourth-order valence-electron chi connectivity index (χ4n) is 2.56. The molecular weight excluding hydrogens is 276 g/mol. The van der Waals surface area contributed by atoms with Crippen LogP contribution in [0.15, 0.2) is 48.5 Å². The maximum absolute atomic E-state index is 11.8. The quantitative estimate of drug-likeness (QED) is 0.891. The fourth-order valence-corrected chi connectivity index (χ4v) is 2.56. The summed E-state index contributed by atoms with van der Waals surface area (Å²) in [5.74, 6) is 0.998. The molecule has 22 heavy (non-hydrogen) atoms. The average Bonchev–Trinajstić information content (AvgIpc) is 3.02. The van der Waals surface area contributed by atoms with Crippen LogP contribution >= 0.6 is 0 Å². The lowest BCUT2D eigenvalue weighted by Crippen LogP contribution is -2.36. The standard InChI is InChI=1S/C18H20N2O2/c21-18(20-13-15-4-2-1-3-5-15)19-10-8-14-6-7-17-16(12-14)9-11-22-17/h1-7,12H,8-11,13H2,(H2,19,20,21). The van der Waals surface area contributed by atoms with Crippen molar-refractivity contribution >= 4 is 6.03 Å². The summed E-state index contributed by atoms with van der Waals surface area (Å²) in [6, 6.07) is 16.0. The van der Waals surface area contributed by atoms with Gasteiger partial charge in [-0.15, -0.1) is 0 Å². The molecule has 0 radical (unpaired) electrons. The number of rotatable bonds is 5. The Morgan fingerprint density at radius 3 is 2.77 bits per heavy atom. The van der Waals surface area contributed by atoms with E-state index in [1.165, 1.54) is 11.1 Å². The van der Waals surface area contributed by atoms with Gasteiger partial charge in [0.2, 0.25) is 0 Å². The van der Waals surface area contributed by atoms with E-state index in [0.29, 0.717) is 13.1 Å². The van der Waals surface area contributed by atoms with Crippen LogP contribution in [-0.4, -0.2) is 19.2 Å². The van der Waals surface area contributed by atoms with Gasteiger partial charge in [0.25, 0.3) is 0 Å². The Kier molecular flexibility index (Phi) is 4.59. The molecule has 0 saturated carbocycles. The van der Waals surface area contributed by atoms with Crippen molar-refractivity contribution in [1.29, 1.82) is 0 Å². The molecular formula is C18H20N2O2. The maximum Gasteiger partial charge on any atom is 0.315 e. The predicted molar refractivity (Wildman–Crippen MR) is 86.0 cm³/mol. The van der Waals surface area contributed by atoms with Crippen molar-refractivity contribution in [2.75, 3.05) is 13.2 Å². The third-order valence-corrected chi connectivity index (χ3v) is 3.75. The van der Waals surface area contributed by atoms with Gasteiger partial charge in [-0.1, -0.05) is 42.5 Å². The van der Waals surface area contributed by atoms with E-state index in [-0.39, 0.29) is 6.03 Å². The van der Waals surface area contributed by atoms with Crippen LogP contribution in [0.4, 0.5) is 4.79 Å². The number of urea groups is 1. The Hall–Kier alpha value is -2.49. The van der Waals surface area contributed by atoms with Gasteiger partial charge in [0, 0.05) is 19.5 Å². The summed E-state index contributed by atoms with van der Waals surface area (Å²) in [4.78, 5) is 11.8. The smallest absolute Gasteiger partial charge is 0.315 e. The van der Waals surface area contributed by atoms with E-state index in [1.807, 2.05) is 36.4 Å². The SMILES string of the molecule is O=C(NCCc1ccc2c(c1)CCO2)NCc1ccccc1. The van der Waals surface area contributed by atoms with Gasteiger partial charge >= 0.3 is 6.03 Å². The Balaban J connectivity index is 1.40. The molecule has 0 spiro atoms. The summed E-state index contributed by atoms with van der Waals surface area (Å²) in [5.41, 5.74) is 3.59. The van der Waals surface area contributed by atoms with Crippen LogP contribution in [0.25, 0.3) is 0 Å². The van der Waals surface area contributed by atoms with Crippen LogP contribution in [0.5, 0.6) is 5.75 Å². The molecule has 0 aromatic heterocycles. The zero-order chi connectivity index (χ0) is 15.2. The first-order chi connectivity index (χ1) is 10.8. The van der Waals surface area contributed by atoms with E-state index in [2.05, 4.69) is 22.8 Å². The number of ether oxygens (including phenoxy) is 1. The highest BCUT2D eigenvalue weighted by atomic mass is 16.5. The Morgan fingerprint density at radius 2 is 1.91 bits per heavy atom. The minimum absolute atomic E-state index is 0.131. The highest BCUT2D eigenvalue weighted by Crippen LogP contribution is 2.25.